The fourth-order valence-electron chi connectivity index (χ4n) is 10.4. The Bertz CT molecular complexity index is 3020. The average molecular weight is 724 g/mol. The van der Waals surface area contributed by atoms with Gasteiger partial charge in [-0.1, -0.05) is 176 Å². The number of hydrogen-bond donors (Lipinski definition) is 0. The van der Waals surface area contributed by atoms with Crippen molar-refractivity contribution in [2.24, 2.45) is 0 Å². The van der Waals surface area contributed by atoms with Crippen LogP contribution in [0.15, 0.2) is 212 Å². The lowest BCUT2D eigenvalue weighted by Crippen LogP contribution is -2.23. The van der Waals surface area contributed by atoms with Gasteiger partial charge in [0.1, 0.15) is 0 Å². The number of benzene rings is 9. The predicted octanol–water partition coefficient (Wildman–Crippen LogP) is 14.4. The molecule has 0 fully saturated rings. The van der Waals surface area contributed by atoms with E-state index in [9.17, 15) is 0 Å². The zero-order valence-corrected chi connectivity index (χ0v) is 31.4. The van der Waals surface area contributed by atoms with Gasteiger partial charge in [0.2, 0.25) is 0 Å². The molecule has 3 aliphatic rings. The SMILES string of the molecule is c1ccc(Cc2cc(N(c3ccccc3)c3ccc4c(c3)-c3cccc5c3C43c4ccccc4-c4cccc-5c43)ccc2-c2ccccc2-c2ccccc2)cc1. The molecule has 0 bridgehead atoms. The molecular weight excluding hydrogens is 687 g/mol. The highest BCUT2D eigenvalue weighted by Crippen LogP contribution is 2.70. The fourth-order valence-corrected chi connectivity index (χ4v) is 10.4. The van der Waals surface area contributed by atoms with E-state index in [2.05, 4.69) is 217 Å². The molecule has 3 aliphatic carbocycles. The van der Waals surface area contributed by atoms with E-state index >= 15 is 0 Å². The maximum absolute atomic E-state index is 2.46. The molecule has 57 heavy (non-hydrogen) atoms. The van der Waals surface area contributed by atoms with Crippen molar-refractivity contribution in [2.75, 3.05) is 4.90 Å². The minimum absolute atomic E-state index is 0.295. The van der Waals surface area contributed by atoms with Crippen LogP contribution in [0.5, 0.6) is 0 Å². The largest absolute Gasteiger partial charge is 0.310 e. The summed E-state index contributed by atoms with van der Waals surface area (Å²) in [7, 11) is 0. The number of rotatable bonds is 7. The molecule has 0 aliphatic heterocycles. The van der Waals surface area contributed by atoms with Crippen molar-refractivity contribution in [1.82, 2.24) is 0 Å². The van der Waals surface area contributed by atoms with Crippen LogP contribution < -0.4 is 4.90 Å². The van der Waals surface area contributed by atoms with Gasteiger partial charge in [0.15, 0.2) is 0 Å². The van der Waals surface area contributed by atoms with Gasteiger partial charge in [0.05, 0.1) is 5.41 Å². The first-order valence-corrected chi connectivity index (χ1v) is 20.0. The van der Waals surface area contributed by atoms with E-state index in [1.54, 1.807) is 0 Å². The summed E-state index contributed by atoms with van der Waals surface area (Å²) < 4.78 is 0. The third-order valence-electron chi connectivity index (χ3n) is 12.6. The highest BCUT2D eigenvalue weighted by atomic mass is 15.1. The molecule has 9 aromatic rings. The Morgan fingerprint density at radius 1 is 0.316 bits per heavy atom. The molecule has 12 rings (SSSR count). The lowest BCUT2D eigenvalue weighted by Gasteiger charge is -2.29. The van der Waals surface area contributed by atoms with Gasteiger partial charge >= 0.3 is 0 Å². The van der Waals surface area contributed by atoms with Crippen LogP contribution in [0.3, 0.4) is 0 Å². The minimum atomic E-state index is -0.295. The third kappa shape index (κ3) is 4.57. The van der Waals surface area contributed by atoms with Crippen LogP contribution in [0.2, 0.25) is 0 Å². The summed E-state index contributed by atoms with van der Waals surface area (Å²) in [4.78, 5) is 2.45. The van der Waals surface area contributed by atoms with Crippen LogP contribution in [0.25, 0.3) is 55.6 Å². The summed E-state index contributed by atoms with van der Waals surface area (Å²) in [5.74, 6) is 0. The Morgan fingerprint density at radius 3 is 1.54 bits per heavy atom. The highest BCUT2D eigenvalue weighted by molar-refractivity contribution is 6.06. The summed E-state index contributed by atoms with van der Waals surface area (Å²) in [6.07, 6.45) is 0.819. The molecule has 1 spiro atoms. The molecule has 0 amide bonds. The topological polar surface area (TPSA) is 3.24 Å². The predicted molar refractivity (Wildman–Crippen MR) is 237 cm³/mol. The lowest BCUT2D eigenvalue weighted by atomic mass is 9.73. The maximum Gasteiger partial charge on any atom is 0.0737 e. The summed E-state index contributed by atoms with van der Waals surface area (Å²) >= 11 is 0. The van der Waals surface area contributed by atoms with Crippen LogP contribution in [0.1, 0.15) is 33.4 Å². The van der Waals surface area contributed by atoms with Gasteiger partial charge in [-0.15, -0.1) is 0 Å². The normalized spacial score (nSPS) is 14.8. The average Bonchev–Trinajstić information content (AvgIpc) is 3.87. The Labute approximate surface area is 333 Å². The van der Waals surface area contributed by atoms with Crippen molar-refractivity contribution < 1.29 is 0 Å². The van der Waals surface area contributed by atoms with Gasteiger partial charge < -0.3 is 4.90 Å². The summed E-state index contributed by atoms with van der Waals surface area (Å²) in [6.45, 7) is 0. The van der Waals surface area contributed by atoms with Gasteiger partial charge in [0, 0.05) is 17.1 Å². The fraction of sp³-hybridized carbons (Fsp3) is 0.0357. The first-order chi connectivity index (χ1) is 28.3. The van der Waals surface area contributed by atoms with Crippen molar-refractivity contribution in [3.05, 3.63) is 246 Å². The Kier molecular flexibility index (Phi) is 6.97. The molecule has 9 aromatic carbocycles. The zero-order chi connectivity index (χ0) is 37.5. The van der Waals surface area contributed by atoms with Gasteiger partial charge in [-0.2, -0.15) is 0 Å². The number of anilines is 3. The standard InChI is InChI=1S/C56H37N/c1-4-16-37(17-5-1)34-39-35-41(30-32-44(39)45-23-11-10-22-43(45)38-18-6-2-7-19-38)57(40-20-8-3-9-21-40)42-31-33-53-51(36-42)50-28-15-27-49-48-26-14-25-47-46-24-12-13-29-52(46)56(53,54(47)48)55(49)50/h1-33,35-36H,34H2. The highest BCUT2D eigenvalue weighted by Gasteiger charge is 2.57. The van der Waals surface area contributed by atoms with Crippen LogP contribution in [0, 0.1) is 0 Å². The monoisotopic (exact) mass is 723 g/mol. The van der Waals surface area contributed by atoms with Gasteiger partial charge in [-0.25, -0.2) is 0 Å². The van der Waals surface area contributed by atoms with E-state index in [4.69, 9.17) is 0 Å². The number of para-hydroxylation sites is 1. The van der Waals surface area contributed by atoms with E-state index < -0.39 is 0 Å². The number of nitrogens with zero attached hydrogens (tertiary/aromatic N) is 1. The molecule has 0 aromatic heterocycles. The van der Waals surface area contributed by atoms with Gasteiger partial charge in [-0.05, 0) is 132 Å². The molecule has 1 atom stereocenters. The third-order valence-corrected chi connectivity index (χ3v) is 12.6. The zero-order valence-electron chi connectivity index (χ0n) is 31.4. The first kappa shape index (κ1) is 32.1. The molecular formula is C56H37N. The van der Waals surface area contributed by atoms with E-state index in [0.717, 1.165) is 23.5 Å². The maximum atomic E-state index is 2.46. The van der Waals surface area contributed by atoms with Crippen molar-refractivity contribution in [2.45, 2.75) is 11.8 Å². The molecule has 0 N–H and O–H groups in total. The second-order valence-electron chi connectivity index (χ2n) is 15.6. The first-order valence-electron chi connectivity index (χ1n) is 20.0. The summed E-state index contributed by atoms with van der Waals surface area (Å²) in [6, 6.07) is 78.7. The molecule has 0 radical (unpaired) electrons. The second kappa shape index (κ2) is 12.4. The lowest BCUT2D eigenvalue weighted by molar-refractivity contribution is 0.818. The summed E-state index contributed by atoms with van der Waals surface area (Å²) in [5, 5.41) is 0. The molecule has 0 heterocycles. The van der Waals surface area contributed by atoms with Gasteiger partial charge in [-0.3, -0.25) is 0 Å². The van der Waals surface area contributed by atoms with E-state index in [-0.39, 0.29) is 5.41 Å². The van der Waals surface area contributed by atoms with Crippen LogP contribution >= 0.6 is 0 Å². The van der Waals surface area contributed by atoms with E-state index in [1.807, 2.05) is 0 Å². The van der Waals surface area contributed by atoms with Crippen molar-refractivity contribution >= 4 is 17.1 Å². The molecule has 0 saturated heterocycles. The van der Waals surface area contributed by atoms with E-state index in [1.165, 1.54) is 89.0 Å². The Balaban J connectivity index is 1.06. The van der Waals surface area contributed by atoms with Crippen molar-refractivity contribution in [3.63, 3.8) is 0 Å². The second-order valence-corrected chi connectivity index (χ2v) is 15.6. The number of fused-ring (bicyclic) bond motifs is 5. The molecule has 1 heteroatoms. The van der Waals surface area contributed by atoms with Crippen LogP contribution in [0.4, 0.5) is 17.1 Å². The smallest absolute Gasteiger partial charge is 0.0737 e. The molecule has 1 unspecified atom stereocenters. The molecule has 266 valence electrons. The Hall–Kier alpha value is -7.22. The molecule has 1 nitrogen and oxygen atoms in total. The molecule has 0 saturated carbocycles. The summed E-state index contributed by atoms with van der Waals surface area (Å²) in [5.41, 5.74) is 24.5. The van der Waals surface area contributed by atoms with Crippen molar-refractivity contribution in [1.29, 1.82) is 0 Å². The van der Waals surface area contributed by atoms with E-state index in [0.29, 0.717) is 0 Å². The van der Waals surface area contributed by atoms with Crippen LogP contribution in [-0.2, 0) is 11.8 Å². The quantitative estimate of drug-likeness (QED) is 0.158. The number of hydrogen-bond acceptors (Lipinski definition) is 1. The van der Waals surface area contributed by atoms with Crippen LogP contribution in [-0.4, -0.2) is 0 Å². The minimum Gasteiger partial charge on any atom is -0.310 e. The Morgan fingerprint density at radius 2 is 0.825 bits per heavy atom. The van der Waals surface area contributed by atoms with Gasteiger partial charge in [0.25, 0.3) is 0 Å². The van der Waals surface area contributed by atoms with Crippen molar-refractivity contribution in [3.8, 4) is 55.6 Å².